The highest BCUT2D eigenvalue weighted by molar-refractivity contribution is 7.25. The molecule has 0 atom stereocenters. The van der Waals surface area contributed by atoms with Crippen molar-refractivity contribution in [3.05, 3.63) is 164 Å². The van der Waals surface area contributed by atoms with Crippen LogP contribution in [0.25, 0.3) is 121 Å². The third-order valence-corrected chi connectivity index (χ3v) is 11.7. The van der Waals surface area contributed by atoms with Crippen molar-refractivity contribution in [2.75, 3.05) is 0 Å². The van der Waals surface area contributed by atoms with Gasteiger partial charge in [-0.2, -0.15) is 0 Å². The van der Waals surface area contributed by atoms with Crippen molar-refractivity contribution in [3.63, 3.8) is 0 Å². The van der Waals surface area contributed by atoms with Gasteiger partial charge in [0, 0.05) is 58.6 Å². The predicted octanol–water partition coefficient (Wildman–Crippen LogP) is 13.2. The standard InChI is InChI=1S/C49H27N5O2S/c1-3-12-28(13-4-1)42-45-43(35-17-7-9-20-38(35)56-45)51-49(50-42)36-19-11-18-34-37-26-30(23-25-39(37)55-44(34)36)47-52-46(29-14-5-2-6-15-29)53-48(54-47)31-22-24-33-32-16-8-10-21-40(32)57-41(33)27-31/h1-27H. The highest BCUT2D eigenvalue weighted by Gasteiger charge is 2.22. The Morgan fingerprint density at radius 1 is 0.351 bits per heavy atom. The van der Waals surface area contributed by atoms with Gasteiger partial charge in [0.05, 0.1) is 5.56 Å². The Labute approximate surface area is 328 Å². The normalized spacial score (nSPS) is 11.9. The number of hydrogen-bond acceptors (Lipinski definition) is 8. The Kier molecular flexibility index (Phi) is 6.96. The lowest BCUT2D eigenvalue weighted by Crippen LogP contribution is -2.00. The number of fused-ring (bicyclic) bond motifs is 9. The Morgan fingerprint density at radius 2 is 0.965 bits per heavy atom. The second-order valence-corrected chi connectivity index (χ2v) is 15.1. The van der Waals surface area contributed by atoms with Gasteiger partial charge in [-0.3, -0.25) is 0 Å². The predicted molar refractivity (Wildman–Crippen MR) is 230 cm³/mol. The van der Waals surface area contributed by atoms with Crippen molar-refractivity contribution in [1.82, 2.24) is 24.9 Å². The third-order valence-electron chi connectivity index (χ3n) is 10.6. The highest BCUT2D eigenvalue weighted by atomic mass is 32.1. The quantitative estimate of drug-likeness (QED) is 0.173. The van der Waals surface area contributed by atoms with E-state index in [-0.39, 0.29) is 0 Å². The van der Waals surface area contributed by atoms with Gasteiger partial charge in [-0.1, -0.05) is 115 Å². The lowest BCUT2D eigenvalue weighted by atomic mass is 10.1. The van der Waals surface area contributed by atoms with Gasteiger partial charge in [0.25, 0.3) is 0 Å². The van der Waals surface area contributed by atoms with Crippen LogP contribution >= 0.6 is 11.3 Å². The minimum atomic E-state index is 0.558. The summed E-state index contributed by atoms with van der Waals surface area (Å²) in [5.41, 5.74) is 8.81. The van der Waals surface area contributed by atoms with Crippen molar-refractivity contribution < 1.29 is 8.83 Å². The molecular weight excluding hydrogens is 723 g/mol. The van der Waals surface area contributed by atoms with Crippen LogP contribution in [0, 0.1) is 0 Å². The molecule has 0 spiro atoms. The Morgan fingerprint density at radius 3 is 1.79 bits per heavy atom. The van der Waals surface area contributed by atoms with Crippen LogP contribution in [0.5, 0.6) is 0 Å². The Hall–Kier alpha value is -7.55. The first-order valence-corrected chi connectivity index (χ1v) is 19.5. The van der Waals surface area contributed by atoms with E-state index in [9.17, 15) is 0 Å². The van der Waals surface area contributed by atoms with Gasteiger partial charge in [0.15, 0.2) is 28.9 Å². The van der Waals surface area contributed by atoms with Crippen LogP contribution in [0.4, 0.5) is 0 Å². The fourth-order valence-corrected chi connectivity index (χ4v) is 8.98. The first kappa shape index (κ1) is 31.8. The summed E-state index contributed by atoms with van der Waals surface area (Å²) in [6.45, 7) is 0. The molecule has 5 aromatic heterocycles. The minimum absolute atomic E-state index is 0.558. The molecule has 57 heavy (non-hydrogen) atoms. The van der Waals surface area contributed by atoms with Crippen LogP contribution in [0.1, 0.15) is 0 Å². The van der Waals surface area contributed by atoms with E-state index in [1.807, 2.05) is 109 Å². The Bertz CT molecular complexity index is 3540. The van der Waals surface area contributed by atoms with E-state index in [1.165, 1.54) is 20.2 Å². The van der Waals surface area contributed by atoms with Crippen molar-refractivity contribution in [1.29, 1.82) is 0 Å². The van der Waals surface area contributed by atoms with Gasteiger partial charge in [-0.15, -0.1) is 11.3 Å². The third kappa shape index (κ3) is 5.15. The lowest BCUT2D eigenvalue weighted by Gasteiger charge is -2.09. The zero-order valence-corrected chi connectivity index (χ0v) is 30.9. The molecule has 12 aromatic rings. The summed E-state index contributed by atoms with van der Waals surface area (Å²) < 4.78 is 15.5. The number of benzene rings is 7. The van der Waals surface area contributed by atoms with E-state index in [4.69, 9.17) is 33.8 Å². The second kappa shape index (κ2) is 12.5. The number of thiophene rings is 1. The average molecular weight is 750 g/mol. The molecule has 0 aliphatic heterocycles. The molecular formula is C49H27N5O2S. The lowest BCUT2D eigenvalue weighted by molar-refractivity contribution is 0.666. The van der Waals surface area contributed by atoms with Crippen molar-refractivity contribution in [2.45, 2.75) is 0 Å². The van der Waals surface area contributed by atoms with Crippen LogP contribution in [0.15, 0.2) is 173 Å². The number of rotatable bonds is 5. The smallest absolute Gasteiger partial charge is 0.180 e. The topological polar surface area (TPSA) is 90.7 Å². The molecule has 0 aliphatic rings. The first-order chi connectivity index (χ1) is 28.2. The summed E-state index contributed by atoms with van der Waals surface area (Å²) in [5, 5.41) is 5.31. The molecule has 0 N–H and O–H groups in total. The molecule has 0 amide bonds. The minimum Gasteiger partial charge on any atom is -0.455 e. The van der Waals surface area contributed by atoms with E-state index >= 15 is 0 Å². The van der Waals surface area contributed by atoms with Crippen LogP contribution in [-0.4, -0.2) is 24.9 Å². The van der Waals surface area contributed by atoms with E-state index in [0.29, 0.717) is 34.5 Å². The maximum absolute atomic E-state index is 6.65. The molecule has 7 nitrogen and oxygen atoms in total. The molecule has 0 radical (unpaired) electrons. The van der Waals surface area contributed by atoms with Crippen LogP contribution in [0.3, 0.4) is 0 Å². The average Bonchev–Trinajstić information content (AvgIpc) is 3.97. The second-order valence-electron chi connectivity index (χ2n) is 14.0. The Balaban J connectivity index is 1.02. The van der Waals surface area contributed by atoms with Gasteiger partial charge < -0.3 is 8.83 Å². The molecule has 0 saturated carbocycles. The molecule has 0 aliphatic carbocycles. The molecule has 0 bridgehead atoms. The fraction of sp³-hybridized carbons (Fsp3) is 0. The monoisotopic (exact) mass is 749 g/mol. The van der Waals surface area contributed by atoms with E-state index in [1.54, 1.807) is 11.3 Å². The molecule has 0 saturated heterocycles. The summed E-state index contributed by atoms with van der Waals surface area (Å²) in [6, 6.07) is 55.4. The SMILES string of the molecule is c1ccc(-c2nc(-c3ccc4c(c3)sc3ccccc34)nc(-c3ccc4oc5c(-c6nc(-c7ccccc7)c7oc8ccccc8c7n6)cccc5c4c3)n2)cc1. The number of aromatic nitrogens is 5. The summed E-state index contributed by atoms with van der Waals surface area (Å²) in [4.78, 5) is 25.4. The van der Waals surface area contributed by atoms with Gasteiger partial charge in [-0.25, -0.2) is 24.9 Å². The molecule has 266 valence electrons. The summed E-state index contributed by atoms with van der Waals surface area (Å²) >= 11 is 1.78. The van der Waals surface area contributed by atoms with Crippen molar-refractivity contribution in [3.8, 4) is 56.8 Å². The fourth-order valence-electron chi connectivity index (χ4n) is 7.83. The molecule has 5 heterocycles. The molecule has 7 aromatic carbocycles. The van der Waals surface area contributed by atoms with E-state index < -0.39 is 0 Å². The van der Waals surface area contributed by atoms with Gasteiger partial charge in [-0.05, 0) is 48.5 Å². The summed E-state index contributed by atoms with van der Waals surface area (Å²) in [5.74, 6) is 2.37. The number of furan rings is 2. The van der Waals surface area contributed by atoms with Crippen LogP contribution in [-0.2, 0) is 0 Å². The summed E-state index contributed by atoms with van der Waals surface area (Å²) in [6.07, 6.45) is 0. The van der Waals surface area contributed by atoms with Crippen LogP contribution in [0.2, 0.25) is 0 Å². The molecule has 12 rings (SSSR count). The van der Waals surface area contributed by atoms with Crippen LogP contribution < -0.4 is 0 Å². The number of nitrogens with zero attached hydrogens (tertiary/aromatic N) is 5. The largest absolute Gasteiger partial charge is 0.455 e. The summed E-state index contributed by atoms with van der Waals surface area (Å²) in [7, 11) is 0. The van der Waals surface area contributed by atoms with Gasteiger partial charge in [0.2, 0.25) is 0 Å². The van der Waals surface area contributed by atoms with Crippen molar-refractivity contribution in [2.24, 2.45) is 0 Å². The molecule has 0 fully saturated rings. The zero-order valence-electron chi connectivity index (χ0n) is 30.0. The van der Waals surface area contributed by atoms with Gasteiger partial charge in [0.1, 0.15) is 28.0 Å². The highest BCUT2D eigenvalue weighted by Crippen LogP contribution is 2.41. The maximum Gasteiger partial charge on any atom is 0.180 e. The number of para-hydroxylation sites is 2. The number of hydrogen-bond donors (Lipinski definition) is 0. The van der Waals surface area contributed by atoms with E-state index in [2.05, 4.69) is 54.6 Å². The van der Waals surface area contributed by atoms with Crippen molar-refractivity contribution >= 4 is 75.5 Å². The zero-order chi connectivity index (χ0) is 37.5. The maximum atomic E-state index is 6.65. The van der Waals surface area contributed by atoms with Gasteiger partial charge >= 0.3 is 0 Å². The first-order valence-electron chi connectivity index (χ1n) is 18.7. The molecule has 8 heteroatoms. The molecule has 0 unspecified atom stereocenters. The van der Waals surface area contributed by atoms with E-state index in [0.717, 1.165) is 66.4 Å².